The van der Waals surface area contributed by atoms with Crippen LogP contribution in [0.4, 0.5) is 11.6 Å². The molecular formula is C21H22N4O2. The maximum absolute atomic E-state index is 12.5. The Hall–Kier alpha value is -3.41. The van der Waals surface area contributed by atoms with Crippen LogP contribution >= 0.6 is 0 Å². The molecular weight excluding hydrogens is 340 g/mol. The molecule has 0 fully saturated rings. The van der Waals surface area contributed by atoms with Gasteiger partial charge in [0.05, 0.1) is 12.2 Å². The van der Waals surface area contributed by atoms with Gasteiger partial charge in [-0.2, -0.15) is 0 Å². The number of nitrogens with one attached hydrogen (secondary N) is 1. The maximum atomic E-state index is 12.5. The molecule has 0 saturated carbocycles. The molecule has 0 unspecified atom stereocenters. The lowest BCUT2D eigenvalue weighted by molar-refractivity contribution is 0.0784. The number of nitrogens with zero attached hydrogens (tertiary/aromatic N) is 3. The van der Waals surface area contributed by atoms with E-state index in [0.717, 1.165) is 17.0 Å². The van der Waals surface area contributed by atoms with E-state index in [4.69, 9.17) is 4.74 Å². The minimum atomic E-state index is -0.119. The fourth-order valence-corrected chi connectivity index (χ4v) is 2.58. The van der Waals surface area contributed by atoms with Crippen LogP contribution in [0, 0.1) is 0 Å². The molecule has 3 aromatic rings. The largest absolute Gasteiger partial charge is 0.494 e. The lowest BCUT2D eigenvalue weighted by Crippen LogP contribution is -2.26. The molecule has 6 heteroatoms. The van der Waals surface area contributed by atoms with E-state index in [1.807, 2.05) is 61.5 Å². The van der Waals surface area contributed by atoms with Gasteiger partial charge in [0.2, 0.25) is 5.95 Å². The average Bonchev–Trinajstić information content (AvgIpc) is 2.70. The average molecular weight is 362 g/mol. The van der Waals surface area contributed by atoms with Crippen LogP contribution in [-0.2, 0) is 6.54 Å². The van der Waals surface area contributed by atoms with Crippen molar-refractivity contribution in [3.05, 3.63) is 78.1 Å². The fraction of sp³-hybridized carbons (Fsp3) is 0.190. The van der Waals surface area contributed by atoms with Gasteiger partial charge in [0.15, 0.2) is 0 Å². The molecule has 1 amide bonds. The molecule has 0 radical (unpaired) electrons. The van der Waals surface area contributed by atoms with Gasteiger partial charge >= 0.3 is 0 Å². The van der Waals surface area contributed by atoms with Gasteiger partial charge < -0.3 is 15.0 Å². The Labute approximate surface area is 158 Å². The minimum absolute atomic E-state index is 0.119. The number of aromatic nitrogens is 2. The number of amides is 1. The normalized spacial score (nSPS) is 10.3. The first-order valence-electron chi connectivity index (χ1n) is 8.77. The highest BCUT2D eigenvalue weighted by atomic mass is 16.5. The first-order valence-corrected chi connectivity index (χ1v) is 8.77. The van der Waals surface area contributed by atoms with Gasteiger partial charge in [-0.05, 0) is 36.8 Å². The molecule has 1 N–H and O–H groups in total. The van der Waals surface area contributed by atoms with Gasteiger partial charge in [-0.1, -0.05) is 30.3 Å². The summed E-state index contributed by atoms with van der Waals surface area (Å²) < 4.78 is 5.42. The molecule has 0 atom stereocenters. The van der Waals surface area contributed by atoms with E-state index in [1.165, 1.54) is 12.4 Å². The lowest BCUT2D eigenvalue weighted by atomic mass is 10.2. The number of hydrogen-bond donors (Lipinski definition) is 1. The van der Waals surface area contributed by atoms with E-state index in [9.17, 15) is 4.79 Å². The van der Waals surface area contributed by atoms with Gasteiger partial charge in [-0.15, -0.1) is 0 Å². The van der Waals surface area contributed by atoms with Crippen molar-refractivity contribution in [2.24, 2.45) is 0 Å². The molecule has 6 nitrogen and oxygen atoms in total. The molecule has 0 spiro atoms. The predicted molar refractivity (Wildman–Crippen MR) is 105 cm³/mol. The van der Waals surface area contributed by atoms with E-state index >= 15 is 0 Å². The summed E-state index contributed by atoms with van der Waals surface area (Å²) in [6.45, 7) is 3.11. The van der Waals surface area contributed by atoms with Crippen LogP contribution < -0.4 is 10.1 Å². The van der Waals surface area contributed by atoms with Crippen molar-refractivity contribution in [3.63, 3.8) is 0 Å². The predicted octanol–water partition coefficient (Wildman–Crippen LogP) is 3.89. The van der Waals surface area contributed by atoms with Crippen LogP contribution in [0.3, 0.4) is 0 Å². The summed E-state index contributed by atoms with van der Waals surface area (Å²) in [5.74, 6) is 1.12. The molecule has 0 aliphatic carbocycles. The number of hydrogen-bond acceptors (Lipinski definition) is 5. The molecule has 0 bridgehead atoms. The molecule has 1 heterocycles. The zero-order valence-corrected chi connectivity index (χ0v) is 15.4. The maximum Gasteiger partial charge on any atom is 0.257 e. The SMILES string of the molecule is CCOc1ccc(Nc2ncc(C(=O)N(C)Cc3ccccc3)cn2)cc1. The Bertz CT molecular complexity index is 865. The quantitative estimate of drug-likeness (QED) is 0.691. The summed E-state index contributed by atoms with van der Waals surface area (Å²) in [4.78, 5) is 22.7. The van der Waals surface area contributed by atoms with Gasteiger partial charge in [0, 0.05) is 31.7 Å². The van der Waals surface area contributed by atoms with Gasteiger partial charge in [-0.25, -0.2) is 9.97 Å². The third-order valence-corrected chi connectivity index (χ3v) is 3.93. The first kappa shape index (κ1) is 18.4. The highest BCUT2D eigenvalue weighted by Gasteiger charge is 2.13. The molecule has 3 rings (SSSR count). The summed E-state index contributed by atoms with van der Waals surface area (Å²) in [5, 5.41) is 3.11. The smallest absolute Gasteiger partial charge is 0.257 e. The summed E-state index contributed by atoms with van der Waals surface area (Å²) >= 11 is 0. The number of benzene rings is 2. The summed E-state index contributed by atoms with van der Waals surface area (Å²) in [6.07, 6.45) is 3.07. The van der Waals surface area contributed by atoms with Crippen LogP contribution in [0.5, 0.6) is 5.75 Å². The van der Waals surface area contributed by atoms with E-state index < -0.39 is 0 Å². The second-order valence-electron chi connectivity index (χ2n) is 6.02. The van der Waals surface area contributed by atoms with E-state index in [2.05, 4.69) is 15.3 Å². The van der Waals surface area contributed by atoms with Gasteiger partial charge in [0.1, 0.15) is 5.75 Å². The van der Waals surface area contributed by atoms with Gasteiger partial charge in [-0.3, -0.25) is 4.79 Å². The molecule has 0 aliphatic heterocycles. The molecule has 2 aromatic carbocycles. The highest BCUT2D eigenvalue weighted by Crippen LogP contribution is 2.18. The Balaban J connectivity index is 1.61. The fourth-order valence-electron chi connectivity index (χ4n) is 2.58. The van der Waals surface area contributed by atoms with Crippen molar-refractivity contribution >= 4 is 17.5 Å². The highest BCUT2D eigenvalue weighted by molar-refractivity contribution is 5.93. The van der Waals surface area contributed by atoms with Crippen molar-refractivity contribution in [1.82, 2.24) is 14.9 Å². The third kappa shape index (κ3) is 5.04. The van der Waals surface area contributed by atoms with Crippen molar-refractivity contribution in [3.8, 4) is 5.75 Å². The molecule has 0 aliphatic rings. The second kappa shape index (κ2) is 8.80. The van der Waals surface area contributed by atoms with E-state index in [-0.39, 0.29) is 5.91 Å². The Morgan fingerprint density at radius 3 is 2.33 bits per heavy atom. The molecule has 27 heavy (non-hydrogen) atoms. The van der Waals surface area contributed by atoms with Crippen LogP contribution in [0.1, 0.15) is 22.8 Å². The number of carbonyl (C=O) groups excluding carboxylic acids is 1. The van der Waals surface area contributed by atoms with Crippen LogP contribution in [0.2, 0.25) is 0 Å². The summed E-state index contributed by atoms with van der Waals surface area (Å²) in [5.41, 5.74) is 2.37. The van der Waals surface area contributed by atoms with Gasteiger partial charge in [0.25, 0.3) is 5.91 Å². The number of ether oxygens (including phenoxy) is 1. The Morgan fingerprint density at radius 1 is 1.04 bits per heavy atom. The zero-order valence-electron chi connectivity index (χ0n) is 15.4. The molecule has 1 aromatic heterocycles. The Kier molecular flexibility index (Phi) is 5.99. The lowest BCUT2D eigenvalue weighted by Gasteiger charge is -2.17. The standard InChI is InChI=1S/C21H22N4O2/c1-3-27-19-11-9-18(10-12-19)24-21-22-13-17(14-23-21)20(26)25(2)15-16-7-5-4-6-8-16/h4-14H,3,15H2,1-2H3,(H,22,23,24). The van der Waals surface area contributed by atoms with Crippen molar-refractivity contribution < 1.29 is 9.53 Å². The zero-order chi connectivity index (χ0) is 19.1. The van der Waals surface area contributed by atoms with Crippen LogP contribution in [-0.4, -0.2) is 34.4 Å². The summed E-state index contributed by atoms with van der Waals surface area (Å²) in [7, 11) is 1.77. The number of anilines is 2. The van der Waals surface area contributed by atoms with Crippen LogP contribution in [0.25, 0.3) is 0 Å². The topological polar surface area (TPSA) is 67.3 Å². The Morgan fingerprint density at radius 2 is 1.70 bits per heavy atom. The van der Waals surface area contributed by atoms with Crippen LogP contribution in [0.15, 0.2) is 67.0 Å². The first-order chi connectivity index (χ1) is 13.2. The molecule has 138 valence electrons. The second-order valence-corrected chi connectivity index (χ2v) is 6.02. The minimum Gasteiger partial charge on any atom is -0.494 e. The van der Waals surface area contributed by atoms with Crippen molar-refractivity contribution in [2.75, 3.05) is 19.0 Å². The number of rotatable bonds is 7. The van der Waals surface area contributed by atoms with E-state index in [1.54, 1.807) is 11.9 Å². The monoisotopic (exact) mass is 362 g/mol. The number of carbonyl (C=O) groups is 1. The van der Waals surface area contributed by atoms with Crippen molar-refractivity contribution in [2.45, 2.75) is 13.5 Å². The molecule has 0 saturated heterocycles. The van der Waals surface area contributed by atoms with E-state index in [0.29, 0.717) is 24.7 Å². The summed E-state index contributed by atoms with van der Waals surface area (Å²) in [6, 6.07) is 17.4. The van der Waals surface area contributed by atoms with Crippen molar-refractivity contribution in [1.29, 1.82) is 0 Å². The third-order valence-electron chi connectivity index (χ3n) is 3.93.